The summed E-state index contributed by atoms with van der Waals surface area (Å²) in [5, 5.41) is 4.43. The Balaban J connectivity index is 2.28. The van der Waals surface area contributed by atoms with Crippen molar-refractivity contribution in [2.24, 2.45) is 0 Å². The number of halogens is 3. The molecular formula is C11H7Cl2IN6O2S. The highest BCUT2D eigenvalue weighted by Gasteiger charge is 2.20. The Hall–Kier alpha value is -1.24. The molecule has 0 atom stereocenters. The number of aromatic nitrogens is 5. The molecule has 12 heteroatoms. The number of sulfone groups is 1. The molecular weight excluding hydrogens is 478 g/mol. The molecule has 0 amide bonds. The van der Waals surface area contributed by atoms with Crippen LogP contribution in [0, 0.1) is 3.57 Å². The molecule has 0 bridgehead atoms. The van der Waals surface area contributed by atoms with Crippen molar-refractivity contribution in [3.8, 4) is 11.4 Å². The number of nitrogens with two attached hydrogens (primary N) is 1. The van der Waals surface area contributed by atoms with Gasteiger partial charge >= 0.3 is 0 Å². The van der Waals surface area contributed by atoms with Crippen LogP contribution in [0.5, 0.6) is 0 Å². The van der Waals surface area contributed by atoms with Crippen LogP contribution in [-0.4, -0.2) is 39.2 Å². The van der Waals surface area contributed by atoms with Gasteiger partial charge in [0, 0.05) is 9.83 Å². The number of hydrogen-bond acceptors (Lipinski definition) is 7. The second-order valence-corrected chi connectivity index (χ2v) is 8.50. The summed E-state index contributed by atoms with van der Waals surface area (Å²) in [5.41, 5.74) is 6.13. The van der Waals surface area contributed by atoms with E-state index in [9.17, 15) is 8.42 Å². The Morgan fingerprint density at radius 1 is 1.17 bits per heavy atom. The van der Waals surface area contributed by atoms with Crippen LogP contribution < -0.4 is 5.73 Å². The largest absolute Gasteiger partial charge is 0.368 e. The van der Waals surface area contributed by atoms with E-state index in [-0.39, 0.29) is 17.6 Å². The van der Waals surface area contributed by atoms with Crippen molar-refractivity contribution in [2.45, 2.75) is 5.16 Å². The first kappa shape index (κ1) is 16.6. The molecule has 0 saturated heterocycles. The van der Waals surface area contributed by atoms with E-state index >= 15 is 0 Å². The first-order valence-electron chi connectivity index (χ1n) is 5.92. The highest BCUT2D eigenvalue weighted by molar-refractivity contribution is 14.1. The summed E-state index contributed by atoms with van der Waals surface area (Å²) in [5.74, 6) is -0.00593. The van der Waals surface area contributed by atoms with Crippen molar-refractivity contribution in [2.75, 3.05) is 12.0 Å². The Morgan fingerprint density at radius 2 is 1.78 bits per heavy atom. The zero-order valence-electron chi connectivity index (χ0n) is 11.3. The lowest BCUT2D eigenvalue weighted by molar-refractivity contribution is 0.592. The Kier molecular flexibility index (Phi) is 4.11. The maximum atomic E-state index is 11.6. The summed E-state index contributed by atoms with van der Waals surface area (Å²) >= 11 is 14.5. The molecule has 2 aromatic heterocycles. The summed E-state index contributed by atoms with van der Waals surface area (Å²) in [6.45, 7) is 0. The highest BCUT2D eigenvalue weighted by Crippen LogP contribution is 2.34. The van der Waals surface area contributed by atoms with E-state index < -0.39 is 15.0 Å². The quantitative estimate of drug-likeness (QED) is 0.553. The van der Waals surface area contributed by atoms with Crippen LogP contribution in [0.2, 0.25) is 10.0 Å². The predicted molar refractivity (Wildman–Crippen MR) is 94.3 cm³/mol. The first-order valence-corrected chi connectivity index (χ1v) is 9.64. The first-order chi connectivity index (χ1) is 10.7. The van der Waals surface area contributed by atoms with Crippen molar-refractivity contribution in [1.29, 1.82) is 0 Å². The van der Waals surface area contributed by atoms with Gasteiger partial charge < -0.3 is 5.73 Å². The predicted octanol–water partition coefficient (Wildman–Crippen LogP) is 2.08. The molecule has 0 aliphatic heterocycles. The second-order valence-electron chi connectivity index (χ2n) is 4.53. The van der Waals surface area contributed by atoms with E-state index in [0.717, 1.165) is 14.3 Å². The van der Waals surface area contributed by atoms with Crippen molar-refractivity contribution < 1.29 is 8.42 Å². The number of rotatable bonds is 2. The molecule has 0 spiro atoms. The fraction of sp³-hybridized carbons (Fsp3) is 0.0909. The molecule has 8 nitrogen and oxygen atoms in total. The maximum absolute atomic E-state index is 11.6. The molecule has 1 aromatic carbocycles. The average Bonchev–Trinajstić information content (AvgIpc) is 2.80. The van der Waals surface area contributed by atoms with Gasteiger partial charge in [-0.2, -0.15) is 19.5 Å². The third-order valence-corrected chi connectivity index (χ3v) is 4.84. The zero-order chi connectivity index (χ0) is 16.9. The topological polar surface area (TPSA) is 116 Å². The molecule has 2 N–H and O–H groups in total. The molecule has 3 aromatic rings. The van der Waals surface area contributed by atoms with Crippen LogP contribution in [-0.2, 0) is 9.84 Å². The van der Waals surface area contributed by atoms with Crippen molar-refractivity contribution in [3.63, 3.8) is 0 Å². The molecule has 0 aliphatic carbocycles. The summed E-state index contributed by atoms with van der Waals surface area (Å²) < 4.78 is 25.1. The van der Waals surface area contributed by atoms with E-state index in [2.05, 4.69) is 42.6 Å². The zero-order valence-corrected chi connectivity index (χ0v) is 15.8. The third-order valence-electron chi connectivity index (χ3n) is 2.78. The van der Waals surface area contributed by atoms with Crippen molar-refractivity contribution in [3.05, 3.63) is 25.7 Å². The maximum Gasteiger partial charge on any atom is 0.258 e. The lowest BCUT2D eigenvalue weighted by atomic mass is 10.2. The van der Waals surface area contributed by atoms with Gasteiger partial charge in [-0.1, -0.05) is 23.2 Å². The SMILES string of the molecule is CS(=O)(=O)c1nc(N)n2nc(-c3c(Cl)cc(I)cc3Cl)nc2n1. The molecule has 23 heavy (non-hydrogen) atoms. The van der Waals surface area contributed by atoms with E-state index in [1.807, 2.05) is 0 Å². The smallest absolute Gasteiger partial charge is 0.258 e. The van der Waals surface area contributed by atoms with Gasteiger partial charge in [-0.3, -0.25) is 0 Å². The van der Waals surface area contributed by atoms with Crippen LogP contribution in [0.15, 0.2) is 17.3 Å². The van der Waals surface area contributed by atoms with E-state index in [4.69, 9.17) is 28.9 Å². The Labute approximate surface area is 154 Å². The number of hydrogen-bond donors (Lipinski definition) is 1. The molecule has 0 unspecified atom stereocenters. The number of nitrogens with zero attached hydrogens (tertiary/aromatic N) is 5. The van der Waals surface area contributed by atoms with Crippen molar-refractivity contribution >= 4 is 67.4 Å². The monoisotopic (exact) mass is 484 g/mol. The van der Waals surface area contributed by atoms with E-state index in [0.29, 0.717) is 15.6 Å². The molecule has 2 heterocycles. The van der Waals surface area contributed by atoms with Crippen molar-refractivity contribution in [1.82, 2.24) is 24.6 Å². The number of nitrogen functional groups attached to an aromatic ring is 1. The van der Waals surface area contributed by atoms with Gasteiger partial charge in [-0.25, -0.2) is 8.42 Å². The number of benzene rings is 1. The summed E-state index contributed by atoms with van der Waals surface area (Å²) in [4.78, 5) is 11.7. The van der Waals surface area contributed by atoms with Gasteiger partial charge in [-0.05, 0) is 34.7 Å². The fourth-order valence-corrected chi connectivity index (χ4v) is 3.97. The summed E-state index contributed by atoms with van der Waals surface area (Å²) in [6, 6.07) is 3.40. The summed E-state index contributed by atoms with van der Waals surface area (Å²) in [6.07, 6.45) is 0.975. The van der Waals surface area contributed by atoms with Crippen LogP contribution in [0.4, 0.5) is 5.95 Å². The molecule has 0 fully saturated rings. The minimum absolute atomic E-state index is 0.0152. The van der Waals surface area contributed by atoms with E-state index in [1.54, 1.807) is 12.1 Å². The highest BCUT2D eigenvalue weighted by atomic mass is 127. The van der Waals surface area contributed by atoms with Gasteiger partial charge in [0.1, 0.15) is 0 Å². The van der Waals surface area contributed by atoms with Gasteiger partial charge in [-0.15, -0.1) is 5.10 Å². The van der Waals surface area contributed by atoms with Gasteiger partial charge in [0.15, 0.2) is 5.82 Å². The molecule has 120 valence electrons. The molecule has 0 saturated carbocycles. The lowest BCUT2D eigenvalue weighted by Crippen LogP contribution is -2.11. The minimum Gasteiger partial charge on any atom is -0.368 e. The normalized spacial score (nSPS) is 12.0. The van der Waals surface area contributed by atoms with Gasteiger partial charge in [0.25, 0.3) is 10.9 Å². The van der Waals surface area contributed by atoms with Gasteiger partial charge in [0.2, 0.25) is 15.8 Å². The van der Waals surface area contributed by atoms with E-state index in [1.165, 1.54) is 0 Å². The third kappa shape index (κ3) is 3.07. The van der Waals surface area contributed by atoms with Crippen LogP contribution >= 0.6 is 45.8 Å². The van der Waals surface area contributed by atoms with Crippen LogP contribution in [0.1, 0.15) is 0 Å². The summed E-state index contributed by atoms with van der Waals surface area (Å²) in [7, 11) is -3.63. The lowest BCUT2D eigenvalue weighted by Gasteiger charge is -2.03. The van der Waals surface area contributed by atoms with Crippen LogP contribution in [0.25, 0.3) is 17.2 Å². The van der Waals surface area contributed by atoms with Crippen LogP contribution in [0.3, 0.4) is 0 Å². The molecule has 3 rings (SSSR count). The Bertz CT molecular complexity index is 1030. The average molecular weight is 485 g/mol. The van der Waals surface area contributed by atoms with Gasteiger partial charge in [0.05, 0.1) is 15.6 Å². The minimum atomic E-state index is -3.63. The number of fused-ring (bicyclic) bond motifs is 1. The second kappa shape index (κ2) is 5.69. The fourth-order valence-electron chi connectivity index (χ4n) is 1.81. The molecule has 0 radical (unpaired) electrons. The Morgan fingerprint density at radius 3 is 2.35 bits per heavy atom. The number of anilines is 1. The standard InChI is InChI=1S/C11H7Cl2IN6O2S/c1-23(21,22)11-17-9(15)20-10(18-11)16-8(19-20)7-5(12)2-4(14)3-6(7)13/h2-3H,1H3,(H2,15,16,17,18,19). The molecule has 0 aliphatic rings.